The summed E-state index contributed by atoms with van der Waals surface area (Å²) < 4.78 is 0. The second-order valence-electron chi connectivity index (χ2n) is 10.4. The number of H-pyrrole nitrogens is 1. The van der Waals surface area contributed by atoms with E-state index in [1.165, 1.54) is 16.2 Å². The second kappa shape index (κ2) is 8.43. The molecule has 0 radical (unpaired) electrons. The molecule has 2 bridgehead atoms. The standard InChI is InChI=1S/C28H24N2O5S2/c31-18(32)10-11-30-26(33)21-16-12-17(22(21)27(30)34)23-20(16)19(24-25(36-23)29-28(35)37-24)15-8-6-14(7-9-15)13-4-2-1-3-5-13/h1-9,16-17,19-23H,10-12H2,(H,29,35)(H,31,32). The lowest BCUT2D eigenvalue weighted by Gasteiger charge is -2.43. The molecule has 0 spiro atoms. The summed E-state index contributed by atoms with van der Waals surface area (Å²) in [6, 6.07) is 18.7. The van der Waals surface area contributed by atoms with Gasteiger partial charge in [0.05, 0.1) is 23.3 Å². The molecule has 2 amide bonds. The first-order chi connectivity index (χ1) is 17.9. The van der Waals surface area contributed by atoms with Gasteiger partial charge in [0, 0.05) is 22.6 Å². The summed E-state index contributed by atoms with van der Waals surface area (Å²) in [5, 5.41) is 10.1. The fourth-order valence-corrected chi connectivity index (χ4v) is 10.3. The van der Waals surface area contributed by atoms with Crippen LogP contribution in [0.3, 0.4) is 0 Å². The molecular weight excluding hydrogens is 508 g/mol. The number of thiazole rings is 1. The molecule has 2 saturated carbocycles. The van der Waals surface area contributed by atoms with E-state index in [0.29, 0.717) is 0 Å². The molecule has 4 aliphatic rings. The molecule has 3 aromatic rings. The van der Waals surface area contributed by atoms with Gasteiger partial charge in [-0.05, 0) is 40.9 Å². The van der Waals surface area contributed by atoms with Gasteiger partial charge in [0.15, 0.2) is 0 Å². The van der Waals surface area contributed by atoms with Crippen LogP contribution in [0.1, 0.15) is 29.2 Å². The molecule has 1 saturated heterocycles. The van der Waals surface area contributed by atoms with Crippen LogP contribution in [-0.4, -0.2) is 44.6 Å². The highest BCUT2D eigenvalue weighted by Gasteiger charge is 2.69. The number of benzene rings is 2. The van der Waals surface area contributed by atoms with Crippen molar-refractivity contribution in [2.45, 2.75) is 29.0 Å². The third kappa shape index (κ3) is 3.40. The van der Waals surface area contributed by atoms with E-state index in [1.54, 1.807) is 11.8 Å². The summed E-state index contributed by atoms with van der Waals surface area (Å²) in [5.41, 5.74) is 3.37. The van der Waals surface area contributed by atoms with Gasteiger partial charge in [0.25, 0.3) is 0 Å². The number of imide groups is 1. The van der Waals surface area contributed by atoms with Crippen LogP contribution in [0.5, 0.6) is 0 Å². The Morgan fingerprint density at radius 1 is 0.946 bits per heavy atom. The quantitative estimate of drug-likeness (QED) is 0.480. The second-order valence-corrected chi connectivity index (χ2v) is 12.6. The van der Waals surface area contributed by atoms with Crippen LogP contribution in [0.25, 0.3) is 11.1 Å². The number of aromatic amines is 1. The number of hydrogen-bond donors (Lipinski definition) is 2. The number of aliphatic carboxylic acids is 1. The number of carbonyl (C=O) groups is 3. The predicted molar refractivity (Wildman–Crippen MR) is 139 cm³/mol. The number of nitrogens with zero attached hydrogens (tertiary/aromatic N) is 1. The van der Waals surface area contributed by atoms with Crippen LogP contribution in [0.15, 0.2) is 64.4 Å². The van der Waals surface area contributed by atoms with Crippen LogP contribution in [0.4, 0.5) is 0 Å². The Kier molecular flexibility index (Phi) is 5.23. The van der Waals surface area contributed by atoms with Crippen molar-refractivity contribution in [3.05, 3.63) is 74.7 Å². The van der Waals surface area contributed by atoms with Crippen molar-refractivity contribution in [2.24, 2.45) is 29.6 Å². The number of hydrogen-bond acceptors (Lipinski definition) is 6. The van der Waals surface area contributed by atoms with E-state index in [0.717, 1.165) is 33.0 Å². The van der Waals surface area contributed by atoms with Gasteiger partial charge in [-0.15, -0.1) is 11.8 Å². The van der Waals surface area contributed by atoms with Crippen molar-refractivity contribution in [2.75, 3.05) is 6.54 Å². The molecule has 2 N–H and O–H groups in total. The molecule has 2 aliphatic carbocycles. The zero-order valence-corrected chi connectivity index (χ0v) is 21.3. The third-order valence-corrected chi connectivity index (χ3v) is 11.3. The summed E-state index contributed by atoms with van der Waals surface area (Å²) in [6.45, 7) is -0.0625. The zero-order valence-electron chi connectivity index (χ0n) is 19.7. The maximum absolute atomic E-state index is 13.4. The molecule has 188 valence electrons. The molecule has 7 rings (SSSR count). The number of carboxylic acids is 1. The molecule has 7 atom stereocenters. The smallest absolute Gasteiger partial charge is 0.305 e. The molecule has 3 fully saturated rings. The summed E-state index contributed by atoms with van der Waals surface area (Å²) in [7, 11) is 0. The molecule has 2 aliphatic heterocycles. The van der Waals surface area contributed by atoms with Gasteiger partial charge in [-0.1, -0.05) is 65.9 Å². The first-order valence-corrected chi connectivity index (χ1v) is 14.2. The topological polar surface area (TPSA) is 108 Å². The van der Waals surface area contributed by atoms with Gasteiger partial charge in [-0.2, -0.15) is 0 Å². The number of likely N-dealkylation sites (tertiary alicyclic amines) is 1. The van der Waals surface area contributed by atoms with Crippen molar-refractivity contribution in [3.63, 3.8) is 0 Å². The molecule has 7 nitrogen and oxygen atoms in total. The Labute approximate surface area is 220 Å². The van der Waals surface area contributed by atoms with E-state index >= 15 is 0 Å². The number of amides is 2. The minimum Gasteiger partial charge on any atom is -0.481 e. The first-order valence-electron chi connectivity index (χ1n) is 12.5. The lowest BCUT2D eigenvalue weighted by atomic mass is 9.68. The van der Waals surface area contributed by atoms with Gasteiger partial charge < -0.3 is 10.1 Å². The van der Waals surface area contributed by atoms with Crippen molar-refractivity contribution in [1.82, 2.24) is 9.88 Å². The van der Waals surface area contributed by atoms with Gasteiger partial charge in [0.1, 0.15) is 0 Å². The maximum atomic E-state index is 13.4. The van der Waals surface area contributed by atoms with Gasteiger partial charge in [0.2, 0.25) is 11.8 Å². The zero-order chi connectivity index (χ0) is 25.4. The highest BCUT2D eigenvalue weighted by molar-refractivity contribution is 8.00. The van der Waals surface area contributed by atoms with E-state index < -0.39 is 11.9 Å². The van der Waals surface area contributed by atoms with Crippen LogP contribution in [0.2, 0.25) is 0 Å². The van der Waals surface area contributed by atoms with Crippen molar-refractivity contribution < 1.29 is 19.5 Å². The van der Waals surface area contributed by atoms with E-state index in [9.17, 15) is 19.2 Å². The van der Waals surface area contributed by atoms with Crippen molar-refractivity contribution in [1.29, 1.82) is 0 Å². The van der Waals surface area contributed by atoms with E-state index in [-0.39, 0.29) is 64.5 Å². The highest BCUT2D eigenvalue weighted by Crippen LogP contribution is 2.68. The Bertz CT molecular complexity index is 1480. The van der Waals surface area contributed by atoms with Crippen LogP contribution < -0.4 is 4.87 Å². The van der Waals surface area contributed by atoms with Crippen LogP contribution in [0, 0.1) is 29.6 Å². The average molecular weight is 533 g/mol. The number of thioether (sulfide) groups is 1. The number of rotatable bonds is 5. The Hall–Kier alpha value is -3.17. The molecule has 37 heavy (non-hydrogen) atoms. The minimum absolute atomic E-state index is 0.0260. The number of fused-ring (bicyclic) bond motifs is 9. The lowest BCUT2D eigenvalue weighted by Crippen LogP contribution is -2.42. The van der Waals surface area contributed by atoms with E-state index in [1.807, 2.05) is 18.2 Å². The Balaban J connectivity index is 1.27. The number of carboxylic acid groups (broad SMARTS) is 1. The minimum atomic E-state index is -1.02. The fraction of sp³-hybridized carbons (Fsp3) is 0.357. The van der Waals surface area contributed by atoms with E-state index in [2.05, 4.69) is 41.4 Å². The Morgan fingerprint density at radius 3 is 2.32 bits per heavy atom. The number of carbonyl (C=O) groups excluding carboxylic acids is 2. The number of aromatic nitrogens is 1. The summed E-state index contributed by atoms with van der Waals surface area (Å²) in [6.07, 6.45) is 0.586. The van der Waals surface area contributed by atoms with Crippen molar-refractivity contribution >= 4 is 40.9 Å². The largest absolute Gasteiger partial charge is 0.481 e. The average Bonchev–Trinajstić information content (AvgIpc) is 3.62. The third-order valence-electron chi connectivity index (χ3n) is 8.74. The molecule has 7 unspecified atom stereocenters. The Morgan fingerprint density at radius 2 is 1.62 bits per heavy atom. The van der Waals surface area contributed by atoms with Gasteiger partial charge in [-0.25, -0.2) is 0 Å². The first kappa shape index (κ1) is 23.0. The number of nitrogens with one attached hydrogen (secondary N) is 1. The molecule has 9 heteroatoms. The summed E-state index contributed by atoms with van der Waals surface area (Å²) >= 11 is 2.91. The highest BCUT2D eigenvalue weighted by atomic mass is 32.2. The molecule has 1 aromatic heterocycles. The lowest BCUT2D eigenvalue weighted by molar-refractivity contribution is -0.142. The maximum Gasteiger partial charge on any atom is 0.305 e. The fourth-order valence-electron chi connectivity index (χ4n) is 7.39. The predicted octanol–water partition coefficient (Wildman–Crippen LogP) is 4.05. The summed E-state index contributed by atoms with van der Waals surface area (Å²) in [4.78, 5) is 55.4. The van der Waals surface area contributed by atoms with Gasteiger partial charge in [-0.3, -0.25) is 24.1 Å². The van der Waals surface area contributed by atoms with Crippen LogP contribution >= 0.6 is 23.1 Å². The summed E-state index contributed by atoms with van der Waals surface area (Å²) in [5.74, 6) is -2.03. The SMILES string of the molecule is O=C(O)CCN1C(=O)C2C3CC(C2C1=O)C1C(c2ccc(-c4ccccc4)cc2)c2sc(=O)[nH]c2SC31. The molecule has 2 aromatic carbocycles. The van der Waals surface area contributed by atoms with E-state index in [4.69, 9.17) is 5.11 Å². The van der Waals surface area contributed by atoms with Crippen LogP contribution in [-0.2, 0) is 14.4 Å². The van der Waals surface area contributed by atoms with Gasteiger partial charge >= 0.3 is 10.8 Å². The van der Waals surface area contributed by atoms with Crippen molar-refractivity contribution in [3.8, 4) is 11.1 Å². The normalized spacial score (nSPS) is 31.4. The molecule has 3 heterocycles. The monoisotopic (exact) mass is 532 g/mol. The molecular formula is C28H24N2O5S2.